The van der Waals surface area contributed by atoms with Crippen LogP contribution in [0.4, 0.5) is 0 Å². The van der Waals surface area contributed by atoms with E-state index in [0.29, 0.717) is 12.0 Å². The molecule has 0 atom stereocenters. The van der Waals surface area contributed by atoms with Gasteiger partial charge in [-0.05, 0) is 11.6 Å². The Kier molecular flexibility index (Phi) is 2.40. The van der Waals surface area contributed by atoms with Gasteiger partial charge in [0, 0.05) is 6.42 Å². The van der Waals surface area contributed by atoms with Crippen molar-refractivity contribution in [3.05, 3.63) is 35.4 Å². The van der Waals surface area contributed by atoms with Crippen LogP contribution in [0.2, 0.25) is 0 Å². The molecule has 0 N–H and O–H groups in total. The Morgan fingerprint density at radius 1 is 1.45 bits per heavy atom. The van der Waals surface area contributed by atoms with E-state index < -0.39 is 0 Å². The normalized spacial score (nSPS) is 8.64. The average Bonchev–Trinajstić information content (AvgIpc) is 2.06. The van der Waals surface area contributed by atoms with Crippen LogP contribution in [0.25, 0.3) is 0 Å². The summed E-state index contributed by atoms with van der Waals surface area (Å²) in [5, 5.41) is 8.58. The minimum absolute atomic E-state index is 0.323. The lowest BCUT2D eigenvalue weighted by Gasteiger charge is -1.95. The van der Waals surface area contributed by atoms with Crippen LogP contribution in [0.5, 0.6) is 0 Å². The molecule has 1 rings (SSSR count). The van der Waals surface area contributed by atoms with Crippen LogP contribution in [-0.2, 0) is 11.2 Å². The first kappa shape index (κ1) is 7.49. The molecular weight excluding hydrogens is 138 g/mol. The van der Waals surface area contributed by atoms with Gasteiger partial charge < -0.3 is 4.79 Å². The van der Waals surface area contributed by atoms with E-state index in [1.807, 2.05) is 12.1 Å². The van der Waals surface area contributed by atoms with Crippen molar-refractivity contribution in [1.82, 2.24) is 0 Å². The van der Waals surface area contributed by atoms with Gasteiger partial charge in [-0.3, -0.25) is 0 Å². The monoisotopic (exact) mass is 145 g/mol. The molecule has 0 radical (unpaired) electrons. The van der Waals surface area contributed by atoms with Gasteiger partial charge in [0.25, 0.3) is 0 Å². The van der Waals surface area contributed by atoms with E-state index in [9.17, 15) is 4.79 Å². The van der Waals surface area contributed by atoms with Crippen LogP contribution < -0.4 is 0 Å². The Morgan fingerprint density at radius 2 is 2.18 bits per heavy atom. The summed E-state index contributed by atoms with van der Waals surface area (Å²) in [6.45, 7) is 0. The van der Waals surface area contributed by atoms with Crippen LogP contribution in [-0.4, -0.2) is 6.29 Å². The second kappa shape index (κ2) is 3.52. The Hall–Kier alpha value is -1.62. The number of hydrogen-bond acceptors (Lipinski definition) is 2. The summed E-state index contributed by atoms with van der Waals surface area (Å²) in [7, 11) is 0. The third-order valence-corrected chi connectivity index (χ3v) is 1.44. The first-order chi connectivity index (χ1) is 5.38. The number of aldehydes is 1. The standard InChI is InChI=1S/C9H7NO/c10-7-9-4-2-1-3-8(9)5-6-11/h1-4,6H,5H2. The molecule has 11 heavy (non-hydrogen) atoms. The van der Waals surface area contributed by atoms with Gasteiger partial charge in [0.05, 0.1) is 11.6 Å². The molecule has 0 aliphatic carbocycles. The third kappa shape index (κ3) is 1.65. The first-order valence-electron chi connectivity index (χ1n) is 3.30. The number of carbonyl (C=O) groups is 1. The molecule has 0 aliphatic rings. The zero-order valence-electron chi connectivity index (χ0n) is 5.95. The van der Waals surface area contributed by atoms with Crippen LogP contribution in [0.3, 0.4) is 0 Å². The molecule has 0 aromatic heterocycles. The fourth-order valence-electron chi connectivity index (χ4n) is 0.897. The number of nitrogens with zero attached hydrogens (tertiary/aromatic N) is 1. The maximum Gasteiger partial charge on any atom is 0.124 e. The third-order valence-electron chi connectivity index (χ3n) is 1.44. The molecule has 0 aliphatic heterocycles. The Labute approximate surface area is 65.1 Å². The minimum atomic E-state index is 0.323. The predicted octanol–water partition coefficient (Wildman–Crippen LogP) is 1.30. The van der Waals surface area contributed by atoms with Crippen molar-refractivity contribution in [2.24, 2.45) is 0 Å². The van der Waals surface area contributed by atoms with Crippen molar-refractivity contribution in [2.75, 3.05) is 0 Å². The van der Waals surface area contributed by atoms with Gasteiger partial charge in [0.1, 0.15) is 6.29 Å². The molecule has 0 spiro atoms. The van der Waals surface area contributed by atoms with Crippen molar-refractivity contribution in [3.8, 4) is 6.07 Å². The molecular formula is C9H7NO. The van der Waals surface area contributed by atoms with E-state index in [1.54, 1.807) is 18.2 Å². The van der Waals surface area contributed by atoms with Crippen LogP contribution >= 0.6 is 0 Å². The molecule has 0 saturated carbocycles. The second-order valence-corrected chi connectivity index (χ2v) is 2.14. The van der Waals surface area contributed by atoms with Crippen molar-refractivity contribution in [3.63, 3.8) is 0 Å². The molecule has 0 unspecified atom stereocenters. The van der Waals surface area contributed by atoms with Crippen LogP contribution in [0.1, 0.15) is 11.1 Å². The van der Waals surface area contributed by atoms with E-state index in [1.165, 1.54) is 0 Å². The summed E-state index contributed by atoms with van der Waals surface area (Å²) in [5.41, 5.74) is 1.38. The maximum atomic E-state index is 10.1. The number of benzene rings is 1. The molecule has 54 valence electrons. The number of nitriles is 1. The Balaban J connectivity index is 3.04. The molecule has 2 heteroatoms. The van der Waals surface area contributed by atoms with Gasteiger partial charge in [-0.15, -0.1) is 0 Å². The van der Waals surface area contributed by atoms with Gasteiger partial charge >= 0.3 is 0 Å². The summed E-state index contributed by atoms with van der Waals surface area (Å²) in [5.74, 6) is 0. The Morgan fingerprint density at radius 3 is 2.82 bits per heavy atom. The second-order valence-electron chi connectivity index (χ2n) is 2.14. The highest BCUT2D eigenvalue weighted by molar-refractivity contribution is 5.57. The van der Waals surface area contributed by atoms with Crippen molar-refractivity contribution >= 4 is 6.29 Å². The van der Waals surface area contributed by atoms with E-state index in [2.05, 4.69) is 0 Å². The van der Waals surface area contributed by atoms with Crippen molar-refractivity contribution in [1.29, 1.82) is 5.26 Å². The average molecular weight is 145 g/mol. The molecule has 0 bridgehead atoms. The largest absolute Gasteiger partial charge is 0.303 e. The molecule has 0 heterocycles. The van der Waals surface area contributed by atoms with Crippen molar-refractivity contribution in [2.45, 2.75) is 6.42 Å². The smallest absolute Gasteiger partial charge is 0.124 e. The van der Waals surface area contributed by atoms with Gasteiger partial charge in [0.15, 0.2) is 0 Å². The predicted molar refractivity (Wildman–Crippen MR) is 40.9 cm³/mol. The van der Waals surface area contributed by atoms with E-state index >= 15 is 0 Å². The fourth-order valence-corrected chi connectivity index (χ4v) is 0.897. The molecule has 1 aromatic rings. The van der Waals surface area contributed by atoms with Gasteiger partial charge in [-0.2, -0.15) is 5.26 Å². The van der Waals surface area contributed by atoms with Crippen molar-refractivity contribution < 1.29 is 4.79 Å². The topological polar surface area (TPSA) is 40.9 Å². The van der Waals surface area contributed by atoms with Crippen LogP contribution in [0, 0.1) is 11.3 Å². The number of rotatable bonds is 2. The summed E-state index contributed by atoms with van der Waals surface area (Å²) >= 11 is 0. The van der Waals surface area contributed by atoms with Gasteiger partial charge in [-0.1, -0.05) is 18.2 Å². The van der Waals surface area contributed by atoms with Gasteiger partial charge in [-0.25, -0.2) is 0 Å². The molecule has 1 aromatic carbocycles. The Bertz CT molecular complexity index is 299. The van der Waals surface area contributed by atoms with Crippen LogP contribution in [0.15, 0.2) is 24.3 Å². The number of carbonyl (C=O) groups excluding carboxylic acids is 1. The fraction of sp³-hybridized carbons (Fsp3) is 0.111. The van der Waals surface area contributed by atoms with Gasteiger partial charge in [0.2, 0.25) is 0 Å². The zero-order valence-corrected chi connectivity index (χ0v) is 5.95. The maximum absolute atomic E-state index is 10.1. The highest BCUT2D eigenvalue weighted by Crippen LogP contribution is 2.06. The molecule has 0 saturated heterocycles. The lowest BCUT2D eigenvalue weighted by Crippen LogP contribution is -1.89. The lowest BCUT2D eigenvalue weighted by molar-refractivity contribution is -0.107. The number of hydrogen-bond donors (Lipinski definition) is 0. The highest BCUT2D eigenvalue weighted by Gasteiger charge is 1.97. The van der Waals surface area contributed by atoms with E-state index in [4.69, 9.17) is 5.26 Å². The molecule has 2 nitrogen and oxygen atoms in total. The highest BCUT2D eigenvalue weighted by atomic mass is 16.1. The van der Waals surface area contributed by atoms with E-state index in [0.717, 1.165) is 11.8 Å². The summed E-state index contributed by atoms with van der Waals surface area (Å²) < 4.78 is 0. The summed E-state index contributed by atoms with van der Waals surface area (Å²) in [6.07, 6.45) is 1.12. The molecule has 0 fully saturated rings. The summed E-state index contributed by atoms with van der Waals surface area (Å²) in [4.78, 5) is 10.1. The SMILES string of the molecule is N#Cc1ccccc1CC=O. The quantitative estimate of drug-likeness (QED) is 0.588. The zero-order chi connectivity index (χ0) is 8.10. The lowest BCUT2D eigenvalue weighted by atomic mass is 10.1. The summed E-state index contributed by atoms with van der Waals surface area (Å²) in [6, 6.07) is 9.12. The minimum Gasteiger partial charge on any atom is -0.303 e. The molecule has 0 amide bonds. The first-order valence-corrected chi connectivity index (χ1v) is 3.30. The van der Waals surface area contributed by atoms with E-state index in [-0.39, 0.29) is 0 Å².